The van der Waals surface area contributed by atoms with Crippen LogP contribution in [0, 0.1) is 13.8 Å². The van der Waals surface area contributed by atoms with Crippen molar-refractivity contribution in [3.8, 4) is 0 Å². The first-order valence-corrected chi connectivity index (χ1v) is 8.01. The summed E-state index contributed by atoms with van der Waals surface area (Å²) in [5.74, 6) is 1.18. The first-order chi connectivity index (χ1) is 11.4. The molecule has 0 aliphatic rings. The van der Waals surface area contributed by atoms with E-state index in [0.717, 1.165) is 12.8 Å². The highest BCUT2D eigenvalue weighted by Gasteiger charge is 2.17. The molecule has 6 nitrogen and oxygen atoms in total. The molecule has 2 amide bonds. The molecule has 0 saturated carbocycles. The Morgan fingerprint density at radius 2 is 1.21 bits per heavy atom. The molecular formula is C18H24N2O4. The minimum Gasteiger partial charge on any atom is -0.469 e. The summed E-state index contributed by atoms with van der Waals surface area (Å²) in [7, 11) is 3.55. The number of furan rings is 2. The van der Waals surface area contributed by atoms with Crippen LogP contribution in [0.15, 0.2) is 33.5 Å². The number of hydrogen-bond donors (Lipinski definition) is 0. The van der Waals surface area contributed by atoms with E-state index in [1.54, 1.807) is 49.9 Å². The van der Waals surface area contributed by atoms with Gasteiger partial charge in [-0.1, -0.05) is 0 Å². The van der Waals surface area contributed by atoms with E-state index in [9.17, 15) is 9.59 Å². The molecule has 24 heavy (non-hydrogen) atoms. The van der Waals surface area contributed by atoms with Crippen molar-refractivity contribution in [3.63, 3.8) is 0 Å². The molecule has 0 spiro atoms. The van der Waals surface area contributed by atoms with Crippen molar-refractivity contribution in [2.24, 2.45) is 0 Å². The zero-order chi connectivity index (χ0) is 17.7. The van der Waals surface area contributed by atoms with Crippen LogP contribution in [0.2, 0.25) is 0 Å². The molecule has 0 fully saturated rings. The highest BCUT2D eigenvalue weighted by atomic mass is 16.3. The minimum atomic E-state index is -0.0419. The molecule has 0 aliphatic carbocycles. The van der Waals surface area contributed by atoms with Crippen LogP contribution >= 0.6 is 0 Å². The lowest BCUT2D eigenvalue weighted by Crippen LogP contribution is -2.30. The molecular weight excluding hydrogens is 308 g/mol. The first kappa shape index (κ1) is 17.8. The number of rotatable bonds is 7. The van der Waals surface area contributed by atoms with Gasteiger partial charge in [-0.15, -0.1) is 0 Å². The second-order valence-electron chi connectivity index (χ2n) is 5.94. The molecule has 0 aromatic carbocycles. The summed E-state index contributed by atoms with van der Waals surface area (Å²) < 4.78 is 10.3. The molecule has 0 bridgehead atoms. The van der Waals surface area contributed by atoms with E-state index >= 15 is 0 Å². The lowest BCUT2D eigenvalue weighted by atomic mass is 10.2. The van der Waals surface area contributed by atoms with Crippen LogP contribution in [0.1, 0.15) is 45.1 Å². The van der Waals surface area contributed by atoms with Crippen LogP contribution in [0.3, 0.4) is 0 Å². The van der Waals surface area contributed by atoms with Crippen molar-refractivity contribution < 1.29 is 18.4 Å². The fraction of sp³-hybridized carbons (Fsp3) is 0.444. The lowest BCUT2D eigenvalue weighted by Gasteiger charge is -2.19. The van der Waals surface area contributed by atoms with Gasteiger partial charge in [-0.25, -0.2) is 0 Å². The van der Waals surface area contributed by atoms with Crippen molar-refractivity contribution in [1.82, 2.24) is 9.80 Å². The van der Waals surface area contributed by atoms with E-state index < -0.39 is 0 Å². The fourth-order valence-corrected chi connectivity index (χ4v) is 2.53. The second-order valence-corrected chi connectivity index (χ2v) is 5.94. The van der Waals surface area contributed by atoms with Crippen molar-refractivity contribution in [1.29, 1.82) is 0 Å². The van der Waals surface area contributed by atoms with Gasteiger partial charge in [0.05, 0.1) is 23.7 Å². The largest absolute Gasteiger partial charge is 0.469 e. The Bertz CT molecular complexity index is 641. The van der Waals surface area contributed by atoms with Crippen molar-refractivity contribution in [2.45, 2.75) is 26.7 Å². The van der Waals surface area contributed by atoms with E-state index in [2.05, 4.69) is 0 Å². The monoisotopic (exact) mass is 332 g/mol. The van der Waals surface area contributed by atoms with Gasteiger partial charge >= 0.3 is 0 Å². The molecule has 0 unspecified atom stereocenters. The number of amides is 2. The third-order valence-electron chi connectivity index (χ3n) is 4.11. The van der Waals surface area contributed by atoms with E-state index in [0.29, 0.717) is 35.7 Å². The molecule has 0 atom stereocenters. The van der Waals surface area contributed by atoms with E-state index in [4.69, 9.17) is 8.83 Å². The molecule has 2 rings (SSSR count). The quantitative estimate of drug-likeness (QED) is 0.731. The van der Waals surface area contributed by atoms with Gasteiger partial charge < -0.3 is 18.6 Å². The molecule has 2 aromatic rings. The maximum absolute atomic E-state index is 12.2. The molecule has 130 valence electrons. The van der Waals surface area contributed by atoms with Crippen LogP contribution in [-0.4, -0.2) is 48.8 Å². The molecule has 0 radical (unpaired) electrons. The number of unbranched alkanes of at least 4 members (excludes halogenated alkanes) is 1. The van der Waals surface area contributed by atoms with E-state index in [-0.39, 0.29) is 11.8 Å². The summed E-state index contributed by atoms with van der Waals surface area (Å²) in [4.78, 5) is 27.9. The van der Waals surface area contributed by atoms with Crippen LogP contribution in [-0.2, 0) is 0 Å². The summed E-state index contributed by atoms with van der Waals surface area (Å²) in [6.45, 7) is 4.82. The van der Waals surface area contributed by atoms with Gasteiger partial charge in [-0.05, 0) is 38.8 Å². The van der Waals surface area contributed by atoms with Gasteiger partial charge in [0, 0.05) is 27.2 Å². The Morgan fingerprint density at radius 3 is 1.50 bits per heavy atom. The zero-order valence-corrected chi connectivity index (χ0v) is 14.7. The van der Waals surface area contributed by atoms with Gasteiger partial charge in [0.15, 0.2) is 0 Å². The van der Waals surface area contributed by atoms with Crippen molar-refractivity contribution >= 4 is 11.8 Å². The number of hydrogen-bond acceptors (Lipinski definition) is 4. The highest BCUT2D eigenvalue weighted by Crippen LogP contribution is 2.13. The summed E-state index contributed by atoms with van der Waals surface area (Å²) in [5, 5.41) is 0. The lowest BCUT2D eigenvalue weighted by molar-refractivity contribution is 0.0764. The van der Waals surface area contributed by atoms with E-state index in [1.807, 2.05) is 0 Å². The molecule has 0 aliphatic heterocycles. The Kier molecular flexibility index (Phi) is 5.84. The minimum absolute atomic E-state index is 0.0419. The average Bonchev–Trinajstić information content (AvgIpc) is 3.17. The van der Waals surface area contributed by atoms with Crippen molar-refractivity contribution in [3.05, 3.63) is 47.3 Å². The Hall–Kier alpha value is -2.50. The molecule has 0 N–H and O–H groups in total. The fourth-order valence-electron chi connectivity index (χ4n) is 2.53. The SMILES string of the molecule is Cc1occc1C(=O)N(C)CCCCN(C)C(=O)c1ccoc1C. The average molecular weight is 332 g/mol. The first-order valence-electron chi connectivity index (χ1n) is 8.01. The molecule has 0 saturated heterocycles. The van der Waals surface area contributed by atoms with Gasteiger partial charge in [-0.2, -0.15) is 0 Å². The molecule has 2 aromatic heterocycles. The number of carbonyl (C=O) groups is 2. The molecule has 6 heteroatoms. The summed E-state index contributed by atoms with van der Waals surface area (Å²) in [6.07, 6.45) is 4.69. The maximum Gasteiger partial charge on any atom is 0.257 e. The summed E-state index contributed by atoms with van der Waals surface area (Å²) >= 11 is 0. The highest BCUT2D eigenvalue weighted by molar-refractivity contribution is 5.95. The number of nitrogens with zero attached hydrogens (tertiary/aromatic N) is 2. The normalized spacial score (nSPS) is 10.7. The van der Waals surface area contributed by atoms with Crippen LogP contribution in [0.25, 0.3) is 0 Å². The van der Waals surface area contributed by atoms with Crippen LogP contribution in [0.4, 0.5) is 0 Å². The summed E-state index contributed by atoms with van der Waals surface area (Å²) in [5.41, 5.74) is 1.19. The predicted octanol–water partition coefficient (Wildman–Crippen LogP) is 3.11. The Balaban J connectivity index is 1.74. The van der Waals surface area contributed by atoms with Gasteiger partial charge in [-0.3, -0.25) is 9.59 Å². The van der Waals surface area contributed by atoms with Crippen molar-refractivity contribution in [2.75, 3.05) is 27.2 Å². The Labute approximate surface area is 142 Å². The topological polar surface area (TPSA) is 66.9 Å². The van der Waals surface area contributed by atoms with Gasteiger partial charge in [0.2, 0.25) is 0 Å². The molecule has 2 heterocycles. The van der Waals surface area contributed by atoms with Crippen LogP contribution < -0.4 is 0 Å². The number of carbonyl (C=O) groups excluding carboxylic acids is 2. The smallest absolute Gasteiger partial charge is 0.257 e. The number of aryl methyl sites for hydroxylation is 2. The third-order valence-corrected chi connectivity index (χ3v) is 4.11. The van der Waals surface area contributed by atoms with Gasteiger partial charge in [0.25, 0.3) is 11.8 Å². The summed E-state index contributed by atoms with van der Waals surface area (Å²) in [6, 6.07) is 3.38. The standard InChI is InChI=1S/C18H24N2O4/c1-13-15(7-11-23-13)17(21)19(3)9-5-6-10-20(4)18(22)16-8-12-24-14(16)2/h7-8,11-12H,5-6,9-10H2,1-4H3. The van der Waals surface area contributed by atoms with Gasteiger partial charge in [0.1, 0.15) is 11.5 Å². The Morgan fingerprint density at radius 1 is 0.833 bits per heavy atom. The second kappa shape index (κ2) is 7.86. The van der Waals surface area contributed by atoms with Crippen LogP contribution in [0.5, 0.6) is 0 Å². The maximum atomic E-state index is 12.2. The predicted molar refractivity (Wildman–Crippen MR) is 90.0 cm³/mol. The third kappa shape index (κ3) is 4.07. The van der Waals surface area contributed by atoms with E-state index in [1.165, 1.54) is 12.5 Å². The zero-order valence-electron chi connectivity index (χ0n) is 14.7.